The molecule has 0 radical (unpaired) electrons. The predicted molar refractivity (Wildman–Crippen MR) is 85.7 cm³/mol. The van der Waals surface area contributed by atoms with Gasteiger partial charge < -0.3 is 9.73 Å². The van der Waals surface area contributed by atoms with Gasteiger partial charge in [-0.15, -0.1) is 10.2 Å². The van der Waals surface area contributed by atoms with Crippen molar-refractivity contribution in [2.45, 2.75) is 19.8 Å². The Balaban J connectivity index is 1.56. The molecule has 2 aromatic heterocycles. The SMILES string of the molecule is Cc1ccccc1NC(=O)CCc1nnc(-c2ccsc2)o1. The van der Waals surface area contributed by atoms with Crippen molar-refractivity contribution in [3.63, 3.8) is 0 Å². The third-order valence-electron chi connectivity index (χ3n) is 3.22. The van der Waals surface area contributed by atoms with Crippen molar-refractivity contribution in [3.8, 4) is 11.5 Å². The van der Waals surface area contributed by atoms with Gasteiger partial charge >= 0.3 is 0 Å². The van der Waals surface area contributed by atoms with Crippen LogP contribution >= 0.6 is 11.3 Å². The fourth-order valence-electron chi connectivity index (χ4n) is 2.00. The quantitative estimate of drug-likeness (QED) is 0.780. The predicted octanol–water partition coefficient (Wildman–Crippen LogP) is 3.68. The average molecular weight is 313 g/mol. The first-order valence-corrected chi connectivity index (χ1v) is 7.87. The van der Waals surface area contributed by atoms with Gasteiger partial charge in [0.25, 0.3) is 0 Å². The summed E-state index contributed by atoms with van der Waals surface area (Å²) < 4.78 is 5.56. The van der Waals surface area contributed by atoms with Gasteiger partial charge in [-0.25, -0.2) is 0 Å². The van der Waals surface area contributed by atoms with Crippen LogP contribution in [0.25, 0.3) is 11.5 Å². The number of carbonyl (C=O) groups excluding carboxylic acids is 1. The minimum Gasteiger partial charge on any atom is -0.421 e. The summed E-state index contributed by atoms with van der Waals surface area (Å²) in [6.07, 6.45) is 0.731. The summed E-state index contributed by atoms with van der Waals surface area (Å²) in [4.78, 5) is 12.0. The normalized spacial score (nSPS) is 10.6. The summed E-state index contributed by atoms with van der Waals surface area (Å²) in [5, 5.41) is 14.8. The van der Waals surface area contributed by atoms with Crippen molar-refractivity contribution < 1.29 is 9.21 Å². The Bertz CT molecular complexity index is 765. The Kier molecular flexibility index (Phi) is 4.29. The number of thiophene rings is 1. The average Bonchev–Trinajstić information content (AvgIpc) is 3.18. The van der Waals surface area contributed by atoms with Crippen LogP contribution in [-0.4, -0.2) is 16.1 Å². The third kappa shape index (κ3) is 3.40. The maximum atomic E-state index is 12.0. The van der Waals surface area contributed by atoms with E-state index in [1.165, 1.54) is 0 Å². The highest BCUT2D eigenvalue weighted by Gasteiger charge is 2.11. The van der Waals surface area contributed by atoms with E-state index in [0.717, 1.165) is 16.8 Å². The van der Waals surface area contributed by atoms with E-state index in [0.29, 0.717) is 24.6 Å². The molecule has 0 aliphatic carbocycles. The lowest BCUT2D eigenvalue weighted by molar-refractivity contribution is -0.116. The number of aromatic nitrogens is 2. The lowest BCUT2D eigenvalue weighted by Gasteiger charge is -2.06. The van der Waals surface area contributed by atoms with Crippen molar-refractivity contribution in [1.29, 1.82) is 0 Å². The second-order valence-corrected chi connectivity index (χ2v) is 5.66. The molecule has 0 saturated heterocycles. The van der Waals surface area contributed by atoms with Crippen LogP contribution in [0.1, 0.15) is 17.9 Å². The number of hydrogen-bond donors (Lipinski definition) is 1. The molecular formula is C16H15N3O2S. The molecule has 1 aromatic carbocycles. The molecule has 6 heteroatoms. The minimum absolute atomic E-state index is 0.0652. The number of amides is 1. The zero-order valence-electron chi connectivity index (χ0n) is 12.1. The summed E-state index contributed by atoms with van der Waals surface area (Å²) in [6, 6.07) is 9.60. The lowest BCUT2D eigenvalue weighted by atomic mass is 10.2. The van der Waals surface area contributed by atoms with Crippen molar-refractivity contribution in [1.82, 2.24) is 10.2 Å². The van der Waals surface area contributed by atoms with E-state index in [1.807, 2.05) is 48.0 Å². The molecule has 22 heavy (non-hydrogen) atoms. The lowest BCUT2D eigenvalue weighted by Crippen LogP contribution is -2.13. The Morgan fingerprint density at radius 1 is 1.27 bits per heavy atom. The van der Waals surface area contributed by atoms with Crippen molar-refractivity contribution in [3.05, 3.63) is 52.5 Å². The zero-order chi connectivity index (χ0) is 15.4. The highest BCUT2D eigenvalue weighted by molar-refractivity contribution is 7.08. The number of carbonyl (C=O) groups is 1. The zero-order valence-corrected chi connectivity index (χ0v) is 12.9. The number of aryl methyl sites for hydroxylation is 2. The summed E-state index contributed by atoms with van der Waals surface area (Å²) in [6.45, 7) is 1.96. The molecule has 1 N–H and O–H groups in total. The standard InChI is InChI=1S/C16H15N3O2S/c1-11-4-2-3-5-13(11)17-14(20)6-7-15-18-19-16(21-15)12-8-9-22-10-12/h2-5,8-10H,6-7H2,1H3,(H,17,20). The van der Waals surface area contributed by atoms with Gasteiger partial charge in [0.15, 0.2) is 0 Å². The number of benzene rings is 1. The Hall–Kier alpha value is -2.47. The van der Waals surface area contributed by atoms with Gasteiger partial charge in [-0.3, -0.25) is 4.79 Å². The topological polar surface area (TPSA) is 68.0 Å². The summed E-state index contributed by atoms with van der Waals surface area (Å²) in [5.41, 5.74) is 2.78. The van der Waals surface area contributed by atoms with Gasteiger partial charge in [-0.2, -0.15) is 11.3 Å². The minimum atomic E-state index is -0.0652. The number of para-hydroxylation sites is 1. The Morgan fingerprint density at radius 2 is 2.14 bits per heavy atom. The van der Waals surface area contributed by atoms with Crippen molar-refractivity contribution in [2.24, 2.45) is 0 Å². The van der Waals surface area contributed by atoms with E-state index < -0.39 is 0 Å². The van der Waals surface area contributed by atoms with Crippen molar-refractivity contribution in [2.75, 3.05) is 5.32 Å². The fourth-order valence-corrected chi connectivity index (χ4v) is 2.63. The third-order valence-corrected chi connectivity index (χ3v) is 3.90. The van der Waals surface area contributed by atoms with E-state index in [1.54, 1.807) is 11.3 Å². The molecular weight excluding hydrogens is 298 g/mol. The molecule has 0 spiro atoms. The van der Waals surface area contributed by atoms with Crippen molar-refractivity contribution >= 4 is 22.9 Å². The monoisotopic (exact) mass is 313 g/mol. The molecule has 2 heterocycles. The van der Waals surface area contributed by atoms with E-state index in [9.17, 15) is 4.79 Å². The van der Waals surface area contributed by atoms with Gasteiger partial charge in [-0.1, -0.05) is 18.2 Å². The first kappa shape index (κ1) is 14.5. The number of rotatable bonds is 5. The van der Waals surface area contributed by atoms with Gasteiger partial charge in [0.1, 0.15) is 0 Å². The molecule has 3 rings (SSSR count). The van der Waals surface area contributed by atoms with Crippen LogP contribution in [0, 0.1) is 6.92 Å². The summed E-state index contributed by atoms with van der Waals surface area (Å²) in [7, 11) is 0. The number of anilines is 1. The Morgan fingerprint density at radius 3 is 2.91 bits per heavy atom. The van der Waals surface area contributed by atoms with Crippen LogP contribution in [0.3, 0.4) is 0 Å². The van der Waals surface area contributed by atoms with Crippen LogP contribution in [0.15, 0.2) is 45.5 Å². The van der Waals surface area contributed by atoms with Gasteiger partial charge in [0.05, 0.1) is 0 Å². The molecule has 0 atom stereocenters. The molecule has 0 aliphatic heterocycles. The second-order valence-electron chi connectivity index (χ2n) is 4.88. The Labute approximate surface area is 132 Å². The number of nitrogens with zero attached hydrogens (tertiary/aromatic N) is 2. The molecule has 112 valence electrons. The molecule has 1 amide bonds. The first-order chi connectivity index (χ1) is 10.7. The number of hydrogen-bond acceptors (Lipinski definition) is 5. The van der Waals surface area contributed by atoms with Crippen LogP contribution in [-0.2, 0) is 11.2 Å². The first-order valence-electron chi connectivity index (χ1n) is 6.93. The van der Waals surface area contributed by atoms with E-state index in [4.69, 9.17) is 4.42 Å². The van der Waals surface area contributed by atoms with Crippen LogP contribution < -0.4 is 5.32 Å². The fraction of sp³-hybridized carbons (Fsp3) is 0.188. The van der Waals surface area contributed by atoms with Gasteiger partial charge in [0, 0.05) is 29.5 Å². The molecule has 0 fully saturated rings. The van der Waals surface area contributed by atoms with Gasteiger partial charge in [0.2, 0.25) is 17.7 Å². The smallest absolute Gasteiger partial charge is 0.248 e. The van der Waals surface area contributed by atoms with E-state index >= 15 is 0 Å². The van der Waals surface area contributed by atoms with Crippen LogP contribution in [0.4, 0.5) is 5.69 Å². The largest absolute Gasteiger partial charge is 0.421 e. The molecule has 0 saturated carbocycles. The van der Waals surface area contributed by atoms with Crippen LogP contribution in [0.2, 0.25) is 0 Å². The molecule has 5 nitrogen and oxygen atoms in total. The van der Waals surface area contributed by atoms with E-state index in [2.05, 4.69) is 15.5 Å². The second kappa shape index (κ2) is 6.53. The van der Waals surface area contributed by atoms with Crippen LogP contribution in [0.5, 0.6) is 0 Å². The summed E-state index contributed by atoms with van der Waals surface area (Å²) in [5.74, 6) is 0.904. The molecule has 3 aromatic rings. The molecule has 0 bridgehead atoms. The summed E-state index contributed by atoms with van der Waals surface area (Å²) >= 11 is 1.57. The maximum absolute atomic E-state index is 12.0. The molecule has 0 aliphatic rings. The number of nitrogens with one attached hydrogen (secondary N) is 1. The highest BCUT2D eigenvalue weighted by Crippen LogP contribution is 2.21. The van der Waals surface area contributed by atoms with Gasteiger partial charge in [-0.05, 0) is 30.0 Å². The molecule has 0 unspecified atom stereocenters. The highest BCUT2D eigenvalue weighted by atomic mass is 32.1. The van der Waals surface area contributed by atoms with E-state index in [-0.39, 0.29) is 5.91 Å². The maximum Gasteiger partial charge on any atom is 0.248 e.